The van der Waals surface area contributed by atoms with Gasteiger partial charge in [0, 0.05) is 12.6 Å². The van der Waals surface area contributed by atoms with Crippen molar-refractivity contribution < 1.29 is 22.4 Å². The lowest BCUT2D eigenvalue weighted by Crippen LogP contribution is -2.34. The third kappa shape index (κ3) is 3.20. The van der Waals surface area contributed by atoms with Gasteiger partial charge in [0.05, 0.1) is 0 Å². The average molecular weight is 367 g/mol. The molecule has 138 valence electrons. The van der Waals surface area contributed by atoms with Crippen LogP contribution >= 0.6 is 0 Å². The maximum atomic E-state index is 13.9. The Morgan fingerprint density at radius 3 is 2.58 bits per heavy atom. The average Bonchev–Trinajstić information content (AvgIpc) is 3.50. The number of nitrogens with zero attached hydrogens (tertiary/aromatic N) is 2. The molecule has 1 aromatic carbocycles. The number of rotatable bonds is 6. The van der Waals surface area contributed by atoms with Crippen LogP contribution in [0.3, 0.4) is 0 Å². The summed E-state index contributed by atoms with van der Waals surface area (Å²) < 4.78 is 53.8. The number of hydrogen-bond donors (Lipinski definition) is 1. The smallest absolute Gasteiger partial charge is 0.283 e. The van der Waals surface area contributed by atoms with Crippen LogP contribution in [-0.2, 0) is 6.54 Å². The third-order valence-corrected chi connectivity index (χ3v) is 4.88. The molecule has 0 spiro atoms. The van der Waals surface area contributed by atoms with Gasteiger partial charge in [0.1, 0.15) is 17.1 Å². The monoisotopic (exact) mass is 367 g/mol. The highest BCUT2D eigenvalue weighted by Crippen LogP contribution is 2.43. The van der Waals surface area contributed by atoms with E-state index < -0.39 is 35.4 Å². The maximum absolute atomic E-state index is 13.9. The normalized spacial score (nSPS) is 17.0. The van der Waals surface area contributed by atoms with Crippen molar-refractivity contribution in [1.29, 1.82) is 0 Å². The van der Waals surface area contributed by atoms with Crippen LogP contribution < -0.4 is 0 Å². The van der Waals surface area contributed by atoms with E-state index in [-0.39, 0.29) is 12.6 Å². The second kappa shape index (κ2) is 6.41. The first-order valence-electron chi connectivity index (χ1n) is 8.57. The SMILES string of the molecule is O=C(c1c(C(F)F)n[nH]c1F)N(Cc1cc(F)ccc1C1CC1)C1CC1. The highest BCUT2D eigenvalue weighted by molar-refractivity contribution is 5.95. The van der Waals surface area contributed by atoms with Crippen LogP contribution in [0.4, 0.5) is 17.6 Å². The molecule has 26 heavy (non-hydrogen) atoms. The van der Waals surface area contributed by atoms with Gasteiger partial charge >= 0.3 is 0 Å². The lowest BCUT2D eigenvalue weighted by molar-refractivity contribution is 0.0711. The zero-order valence-corrected chi connectivity index (χ0v) is 13.8. The van der Waals surface area contributed by atoms with Crippen molar-refractivity contribution in [2.24, 2.45) is 0 Å². The minimum atomic E-state index is -3.06. The molecule has 2 aromatic rings. The van der Waals surface area contributed by atoms with E-state index in [1.54, 1.807) is 6.07 Å². The van der Waals surface area contributed by atoms with E-state index in [1.165, 1.54) is 17.0 Å². The third-order valence-electron chi connectivity index (χ3n) is 4.88. The molecule has 0 aliphatic heterocycles. The Morgan fingerprint density at radius 2 is 1.96 bits per heavy atom. The molecule has 1 heterocycles. The van der Waals surface area contributed by atoms with Gasteiger partial charge in [-0.3, -0.25) is 9.89 Å². The predicted octanol–water partition coefficient (Wildman–Crippen LogP) is 4.31. The molecule has 4 rings (SSSR count). The van der Waals surface area contributed by atoms with Crippen LogP contribution in [0.2, 0.25) is 0 Å². The van der Waals surface area contributed by atoms with E-state index in [0.29, 0.717) is 24.3 Å². The zero-order chi connectivity index (χ0) is 18.4. The van der Waals surface area contributed by atoms with Crippen LogP contribution in [0.25, 0.3) is 0 Å². The largest absolute Gasteiger partial charge is 0.331 e. The number of carbonyl (C=O) groups excluding carboxylic acids is 1. The molecule has 0 saturated heterocycles. The zero-order valence-electron chi connectivity index (χ0n) is 13.8. The Bertz CT molecular complexity index is 843. The van der Waals surface area contributed by atoms with E-state index in [4.69, 9.17) is 0 Å². The summed E-state index contributed by atoms with van der Waals surface area (Å²) in [6.45, 7) is 0.0698. The van der Waals surface area contributed by atoms with Gasteiger partial charge in [-0.25, -0.2) is 13.2 Å². The summed E-state index contributed by atoms with van der Waals surface area (Å²) >= 11 is 0. The summed E-state index contributed by atoms with van der Waals surface area (Å²) in [6, 6.07) is 4.31. The standard InChI is InChI=1S/C18H17F4N3O/c19-11-3-6-13(9-1-2-9)10(7-11)8-25(12-4-5-12)18(26)14-15(16(20)21)23-24-17(14)22/h3,6-7,9,12,16H,1-2,4-5,8H2,(H,23,24). The summed E-state index contributed by atoms with van der Waals surface area (Å²) in [7, 11) is 0. The topological polar surface area (TPSA) is 49.0 Å². The summed E-state index contributed by atoms with van der Waals surface area (Å²) in [5.74, 6) is -2.09. The van der Waals surface area contributed by atoms with Crippen LogP contribution in [0.1, 0.15) is 65.2 Å². The van der Waals surface area contributed by atoms with E-state index >= 15 is 0 Å². The fourth-order valence-electron chi connectivity index (χ4n) is 3.28. The van der Waals surface area contributed by atoms with Crippen molar-refractivity contribution in [2.45, 2.75) is 50.6 Å². The number of aromatic amines is 1. The molecular weight excluding hydrogens is 350 g/mol. The van der Waals surface area contributed by atoms with Gasteiger partial charge in [0.2, 0.25) is 5.95 Å². The molecule has 2 saturated carbocycles. The number of halogens is 4. The number of alkyl halides is 2. The second-order valence-corrected chi connectivity index (χ2v) is 6.88. The molecule has 0 radical (unpaired) electrons. The Balaban J connectivity index is 1.67. The maximum Gasteiger partial charge on any atom is 0.283 e. The molecule has 8 heteroatoms. The number of H-pyrrole nitrogens is 1. The van der Waals surface area contributed by atoms with Crippen molar-refractivity contribution in [3.05, 3.63) is 52.3 Å². The Hall–Kier alpha value is -2.38. The van der Waals surface area contributed by atoms with Crippen molar-refractivity contribution in [1.82, 2.24) is 15.1 Å². The minimum absolute atomic E-state index is 0.0698. The molecule has 0 unspecified atom stereocenters. The van der Waals surface area contributed by atoms with Gasteiger partial charge in [0.15, 0.2) is 0 Å². The molecule has 2 aliphatic carbocycles. The van der Waals surface area contributed by atoms with Gasteiger partial charge in [-0.1, -0.05) is 6.07 Å². The van der Waals surface area contributed by atoms with E-state index in [0.717, 1.165) is 18.4 Å². The van der Waals surface area contributed by atoms with Crippen LogP contribution in [0, 0.1) is 11.8 Å². The number of hydrogen-bond acceptors (Lipinski definition) is 2. The fourth-order valence-corrected chi connectivity index (χ4v) is 3.28. The van der Waals surface area contributed by atoms with Crippen LogP contribution in [-0.4, -0.2) is 27.0 Å². The van der Waals surface area contributed by atoms with Gasteiger partial charge in [0.25, 0.3) is 12.3 Å². The molecule has 2 aliphatic rings. The number of amides is 1. The number of carbonyl (C=O) groups is 1. The number of benzene rings is 1. The van der Waals surface area contributed by atoms with Crippen LogP contribution in [0.15, 0.2) is 18.2 Å². The first-order valence-corrected chi connectivity index (χ1v) is 8.57. The molecule has 2 fully saturated rings. The van der Waals surface area contributed by atoms with Crippen molar-refractivity contribution >= 4 is 5.91 Å². The van der Waals surface area contributed by atoms with Crippen molar-refractivity contribution in [3.8, 4) is 0 Å². The molecule has 1 amide bonds. The molecule has 0 bridgehead atoms. The van der Waals surface area contributed by atoms with Gasteiger partial charge in [-0.2, -0.15) is 9.49 Å². The van der Waals surface area contributed by atoms with E-state index in [1.807, 2.05) is 5.10 Å². The highest BCUT2D eigenvalue weighted by Gasteiger charge is 2.38. The number of aromatic nitrogens is 2. The fraction of sp³-hybridized carbons (Fsp3) is 0.444. The second-order valence-electron chi connectivity index (χ2n) is 6.88. The number of nitrogens with one attached hydrogen (secondary N) is 1. The molecule has 1 N–H and O–H groups in total. The first-order chi connectivity index (χ1) is 12.5. The quantitative estimate of drug-likeness (QED) is 0.774. The molecule has 1 aromatic heterocycles. The summed E-state index contributed by atoms with van der Waals surface area (Å²) in [4.78, 5) is 14.2. The van der Waals surface area contributed by atoms with Crippen molar-refractivity contribution in [2.75, 3.05) is 0 Å². The van der Waals surface area contributed by atoms with E-state index in [2.05, 4.69) is 5.10 Å². The van der Waals surface area contributed by atoms with Crippen molar-refractivity contribution in [3.63, 3.8) is 0 Å². The Labute approximate surface area is 147 Å². The lowest BCUT2D eigenvalue weighted by Gasteiger charge is -2.24. The van der Waals surface area contributed by atoms with Gasteiger partial charge < -0.3 is 4.90 Å². The Morgan fingerprint density at radius 1 is 1.23 bits per heavy atom. The minimum Gasteiger partial charge on any atom is -0.331 e. The molecular formula is C18H17F4N3O. The lowest BCUT2D eigenvalue weighted by atomic mass is 10.0. The predicted molar refractivity (Wildman–Crippen MR) is 84.8 cm³/mol. The van der Waals surface area contributed by atoms with Gasteiger partial charge in [-0.05, 0) is 54.9 Å². The molecule has 4 nitrogen and oxygen atoms in total. The van der Waals surface area contributed by atoms with Gasteiger partial charge in [-0.15, -0.1) is 0 Å². The summed E-state index contributed by atoms with van der Waals surface area (Å²) in [5, 5.41) is 5.04. The first kappa shape index (κ1) is 17.1. The van der Waals surface area contributed by atoms with Crippen LogP contribution in [0.5, 0.6) is 0 Å². The van der Waals surface area contributed by atoms with E-state index in [9.17, 15) is 22.4 Å². The summed E-state index contributed by atoms with van der Waals surface area (Å²) in [5.41, 5.74) is -0.00191. The Kier molecular flexibility index (Phi) is 4.20. The summed E-state index contributed by atoms with van der Waals surface area (Å²) in [6.07, 6.45) is 0.364. The highest BCUT2D eigenvalue weighted by atomic mass is 19.3. The molecule has 0 atom stereocenters.